The van der Waals surface area contributed by atoms with Gasteiger partial charge in [-0.3, -0.25) is 9.59 Å². The Morgan fingerprint density at radius 1 is 1.06 bits per heavy atom. The maximum absolute atomic E-state index is 13.4. The van der Waals surface area contributed by atoms with Gasteiger partial charge in [-0.2, -0.15) is 4.31 Å². The number of rotatable bonds is 9. The number of hydrogen-bond donors (Lipinski definition) is 1. The van der Waals surface area contributed by atoms with Gasteiger partial charge in [-0.15, -0.1) is 0 Å². The van der Waals surface area contributed by atoms with E-state index < -0.39 is 28.5 Å². The molecule has 0 aromatic heterocycles. The fourth-order valence-corrected chi connectivity index (χ4v) is 5.38. The molecule has 2 aromatic carbocycles. The first-order valence-corrected chi connectivity index (χ1v) is 13.3. The molecule has 0 bridgehead atoms. The molecule has 0 radical (unpaired) electrons. The molecule has 1 atom stereocenters. The number of nitrogens with one attached hydrogen (secondary N) is 1. The summed E-state index contributed by atoms with van der Waals surface area (Å²) in [5, 5.41) is 3.89. The van der Waals surface area contributed by atoms with Gasteiger partial charge >= 0.3 is 0 Å². The predicted octanol–water partition coefficient (Wildman–Crippen LogP) is 4.09. The van der Waals surface area contributed by atoms with Crippen molar-refractivity contribution in [1.82, 2.24) is 14.5 Å². The summed E-state index contributed by atoms with van der Waals surface area (Å²) in [4.78, 5) is 27.7. The Hall–Kier alpha value is -2.13. The van der Waals surface area contributed by atoms with Crippen molar-refractivity contribution in [3.05, 3.63) is 64.1 Å². The molecule has 1 N–H and O–H groups in total. The van der Waals surface area contributed by atoms with Gasteiger partial charge in [0.1, 0.15) is 6.04 Å². The zero-order valence-corrected chi connectivity index (χ0v) is 21.5. The van der Waals surface area contributed by atoms with Gasteiger partial charge in [-0.1, -0.05) is 54.2 Å². The molecule has 2 amide bonds. The van der Waals surface area contributed by atoms with Gasteiger partial charge in [0.2, 0.25) is 21.8 Å². The number of sulfonamides is 1. The van der Waals surface area contributed by atoms with E-state index in [0.29, 0.717) is 15.6 Å². The monoisotopic (exact) mass is 525 g/mol. The van der Waals surface area contributed by atoms with E-state index in [0.717, 1.165) is 30.0 Å². The third-order valence-electron chi connectivity index (χ3n) is 6.05. The van der Waals surface area contributed by atoms with Crippen molar-refractivity contribution in [3.8, 4) is 0 Å². The zero-order chi connectivity index (χ0) is 24.9. The number of likely N-dealkylation sites (N-methyl/N-ethyl adjacent to an activating group) is 1. The molecule has 10 heteroatoms. The third-order valence-corrected chi connectivity index (χ3v) is 8.49. The Kier molecular flexibility index (Phi) is 8.98. The molecule has 2 aromatic rings. The molecular weight excluding hydrogens is 497 g/mol. The maximum Gasteiger partial charge on any atom is 0.243 e. The van der Waals surface area contributed by atoms with Gasteiger partial charge in [-0.25, -0.2) is 8.42 Å². The Bertz CT molecular complexity index is 1120. The molecule has 0 heterocycles. The topological polar surface area (TPSA) is 86.8 Å². The lowest BCUT2D eigenvalue weighted by Crippen LogP contribution is -2.52. The van der Waals surface area contributed by atoms with Crippen LogP contribution in [0.1, 0.15) is 38.2 Å². The van der Waals surface area contributed by atoms with Crippen LogP contribution in [0.25, 0.3) is 0 Å². The molecule has 0 aliphatic heterocycles. The normalized spacial score (nSPS) is 15.3. The summed E-state index contributed by atoms with van der Waals surface area (Å²) in [6, 6.07) is 12.1. The van der Waals surface area contributed by atoms with Crippen LogP contribution in [0.4, 0.5) is 0 Å². The molecule has 1 aliphatic rings. The molecule has 1 fully saturated rings. The van der Waals surface area contributed by atoms with E-state index >= 15 is 0 Å². The molecule has 3 rings (SSSR count). The van der Waals surface area contributed by atoms with Gasteiger partial charge < -0.3 is 10.2 Å². The van der Waals surface area contributed by atoms with Gasteiger partial charge in [-0.05, 0) is 55.7 Å². The second-order valence-corrected chi connectivity index (χ2v) is 11.4. The second kappa shape index (κ2) is 11.5. The molecule has 184 valence electrons. The highest BCUT2D eigenvalue weighted by Gasteiger charge is 2.31. The summed E-state index contributed by atoms with van der Waals surface area (Å²) in [7, 11) is -2.60. The Labute approximate surface area is 211 Å². The maximum atomic E-state index is 13.4. The number of carbonyl (C=O) groups is 2. The Balaban J connectivity index is 1.80. The minimum atomic E-state index is -3.93. The van der Waals surface area contributed by atoms with Crippen LogP contribution in [0, 0.1) is 0 Å². The number of amides is 2. The third kappa shape index (κ3) is 6.50. The van der Waals surface area contributed by atoms with E-state index in [1.165, 1.54) is 36.2 Å². The summed E-state index contributed by atoms with van der Waals surface area (Å²) in [5.74, 6) is -0.774. The highest BCUT2D eigenvalue weighted by atomic mass is 35.5. The first-order chi connectivity index (χ1) is 16.1. The summed E-state index contributed by atoms with van der Waals surface area (Å²) in [6.07, 6.45) is 3.96. The smallest absolute Gasteiger partial charge is 0.243 e. The first kappa shape index (κ1) is 26.5. The second-order valence-electron chi connectivity index (χ2n) is 8.49. The van der Waals surface area contributed by atoms with Crippen molar-refractivity contribution in [3.63, 3.8) is 0 Å². The van der Waals surface area contributed by atoms with Crippen LogP contribution in [0.2, 0.25) is 10.0 Å². The average molecular weight is 526 g/mol. The van der Waals surface area contributed by atoms with Crippen LogP contribution in [-0.4, -0.2) is 55.1 Å². The lowest BCUT2D eigenvalue weighted by Gasteiger charge is -2.31. The van der Waals surface area contributed by atoms with E-state index in [9.17, 15) is 18.0 Å². The van der Waals surface area contributed by atoms with E-state index in [2.05, 4.69) is 5.32 Å². The fourth-order valence-electron chi connectivity index (χ4n) is 3.94. The number of nitrogens with zero attached hydrogens (tertiary/aromatic N) is 2. The van der Waals surface area contributed by atoms with Crippen molar-refractivity contribution in [2.24, 2.45) is 0 Å². The standard InChI is InChI=1S/C24H29Cl2N3O4S/c1-17(24(31)27-20-8-4-5-9-20)29(15-18-7-3-6-10-22(18)26)23(30)16-28(2)34(32,33)21-13-11-19(25)12-14-21/h3,6-7,10-14,17,20H,4-5,8-9,15-16H2,1-2H3,(H,27,31). The molecule has 1 saturated carbocycles. The van der Waals surface area contributed by atoms with Crippen LogP contribution in [-0.2, 0) is 26.2 Å². The number of carbonyl (C=O) groups excluding carboxylic acids is 2. The Morgan fingerprint density at radius 2 is 1.68 bits per heavy atom. The van der Waals surface area contributed by atoms with Crippen molar-refractivity contribution in [2.45, 2.75) is 56.1 Å². The number of benzene rings is 2. The predicted molar refractivity (Wildman–Crippen MR) is 133 cm³/mol. The zero-order valence-electron chi connectivity index (χ0n) is 19.2. The molecule has 0 saturated heterocycles. The lowest BCUT2D eigenvalue weighted by molar-refractivity contribution is -0.140. The van der Waals surface area contributed by atoms with Crippen LogP contribution in [0.5, 0.6) is 0 Å². The molecule has 1 unspecified atom stereocenters. The van der Waals surface area contributed by atoms with Crippen molar-refractivity contribution >= 4 is 45.0 Å². The highest BCUT2D eigenvalue weighted by Crippen LogP contribution is 2.22. The van der Waals surface area contributed by atoms with Crippen molar-refractivity contribution < 1.29 is 18.0 Å². The van der Waals surface area contributed by atoms with Gasteiger partial charge in [0.15, 0.2) is 0 Å². The van der Waals surface area contributed by atoms with E-state index in [4.69, 9.17) is 23.2 Å². The Morgan fingerprint density at radius 3 is 2.29 bits per heavy atom. The quantitative estimate of drug-likeness (QED) is 0.534. The molecule has 7 nitrogen and oxygen atoms in total. The minimum Gasteiger partial charge on any atom is -0.352 e. The van der Waals surface area contributed by atoms with Gasteiger partial charge in [0.05, 0.1) is 11.4 Å². The number of halogens is 2. The largest absolute Gasteiger partial charge is 0.352 e. The average Bonchev–Trinajstić information content (AvgIpc) is 3.31. The van der Waals surface area contributed by atoms with Crippen molar-refractivity contribution in [2.75, 3.05) is 13.6 Å². The summed E-state index contributed by atoms with van der Waals surface area (Å²) in [6.45, 7) is 1.29. The SMILES string of the molecule is CC(C(=O)NC1CCCC1)N(Cc1ccccc1Cl)C(=O)CN(C)S(=O)(=O)c1ccc(Cl)cc1. The van der Waals surface area contributed by atoms with Crippen LogP contribution in [0.15, 0.2) is 53.4 Å². The first-order valence-electron chi connectivity index (χ1n) is 11.1. The van der Waals surface area contributed by atoms with Crippen molar-refractivity contribution in [1.29, 1.82) is 0 Å². The van der Waals surface area contributed by atoms with E-state index in [1.54, 1.807) is 31.2 Å². The van der Waals surface area contributed by atoms with Gasteiger partial charge in [0, 0.05) is 29.7 Å². The molecular formula is C24H29Cl2N3O4S. The molecule has 0 spiro atoms. The molecule has 34 heavy (non-hydrogen) atoms. The lowest BCUT2D eigenvalue weighted by atomic mass is 10.1. The van der Waals surface area contributed by atoms with Crippen LogP contribution < -0.4 is 5.32 Å². The van der Waals surface area contributed by atoms with Gasteiger partial charge in [0.25, 0.3) is 0 Å². The van der Waals surface area contributed by atoms with Crippen LogP contribution in [0.3, 0.4) is 0 Å². The fraction of sp³-hybridized carbons (Fsp3) is 0.417. The highest BCUT2D eigenvalue weighted by molar-refractivity contribution is 7.89. The minimum absolute atomic E-state index is 0.0249. The van der Waals surface area contributed by atoms with Crippen LogP contribution >= 0.6 is 23.2 Å². The summed E-state index contributed by atoms with van der Waals surface area (Å²) >= 11 is 12.2. The van der Waals surface area contributed by atoms with E-state index in [1.807, 2.05) is 0 Å². The van der Waals surface area contributed by atoms with E-state index in [-0.39, 0.29) is 23.4 Å². The number of hydrogen-bond acceptors (Lipinski definition) is 4. The summed E-state index contributed by atoms with van der Waals surface area (Å²) in [5.41, 5.74) is 0.668. The summed E-state index contributed by atoms with van der Waals surface area (Å²) < 4.78 is 26.9. The molecule has 1 aliphatic carbocycles.